The van der Waals surface area contributed by atoms with E-state index in [4.69, 9.17) is 11.6 Å². The maximum Gasteiger partial charge on any atom is 0.257 e. The molecule has 18 heavy (non-hydrogen) atoms. The largest absolute Gasteiger partial charge is 0.320 e. The summed E-state index contributed by atoms with van der Waals surface area (Å²) in [6, 6.07) is 4.97. The van der Waals surface area contributed by atoms with Crippen molar-refractivity contribution in [3.05, 3.63) is 50.4 Å². The molecule has 92 valence electrons. The topological polar surface area (TPSA) is 54.9 Å². The normalized spacial score (nSPS) is 10.2. The molecule has 0 aliphatic heterocycles. The van der Waals surface area contributed by atoms with Gasteiger partial charge in [0.05, 0.1) is 16.3 Å². The van der Waals surface area contributed by atoms with Gasteiger partial charge in [-0.05, 0) is 50.1 Å². The lowest BCUT2D eigenvalue weighted by molar-refractivity contribution is 0.102. The van der Waals surface area contributed by atoms with Crippen molar-refractivity contribution in [2.75, 3.05) is 5.32 Å². The van der Waals surface area contributed by atoms with Gasteiger partial charge in [0.15, 0.2) is 0 Å². The van der Waals surface area contributed by atoms with E-state index >= 15 is 0 Å². The maximum atomic E-state index is 11.9. The molecular formula is C11H6Br2ClN3O. The van der Waals surface area contributed by atoms with Crippen molar-refractivity contribution < 1.29 is 4.79 Å². The highest BCUT2D eigenvalue weighted by Crippen LogP contribution is 2.23. The minimum Gasteiger partial charge on any atom is -0.320 e. The Labute approximate surface area is 125 Å². The van der Waals surface area contributed by atoms with Gasteiger partial charge in [-0.3, -0.25) is 4.79 Å². The molecular weight excluding hydrogens is 385 g/mol. The van der Waals surface area contributed by atoms with E-state index in [2.05, 4.69) is 47.1 Å². The van der Waals surface area contributed by atoms with Crippen LogP contribution in [-0.4, -0.2) is 15.9 Å². The SMILES string of the molecule is O=C(Nc1cc(Cl)cnc1Br)c1ccc(Br)nc1. The summed E-state index contributed by atoms with van der Waals surface area (Å²) in [6.45, 7) is 0. The fourth-order valence-electron chi connectivity index (χ4n) is 1.21. The molecule has 2 aromatic heterocycles. The van der Waals surface area contributed by atoms with Crippen LogP contribution < -0.4 is 5.32 Å². The molecule has 4 nitrogen and oxygen atoms in total. The van der Waals surface area contributed by atoms with Crippen LogP contribution in [0.3, 0.4) is 0 Å². The fourth-order valence-corrected chi connectivity index (χ4v) is 1.92. The molecule has 7 heteroatoms. The van der Waals surface area contributed by atoms with Gasteiger partial charge >= 0.3 is 0 Å². The number of halogens is 3. The quantitative estimate of drug-likeness (QED) is 0.790. The molecule has 0 radical (unpaired) electrons. The first-order chi connectivity index (χ1) is 8.56. The van der Waals surface area contributed by atoms with Gasteiger partial charge in [-0.1, -0.05) is 11.6 Å². The Balaban J connectivity index is 2.21. The molecule has 1 amide bonds. The van der Waals surface area contributed by atoms with Crippen molar-refractivity contribution in [1.82, 2.24) is 9.97 Å². The van der Waals surface area contributed by atoms with Crippen LogP contribution in [-0.2, 0) is 0 Å². The Bertz CT molecular complexity index is 589. The predicted octanol–water partition coefficient (Wildman–Crippen LogP) is 3.91. The molecule has 0 bridgehead atoms. The number of anilines is 1. The number of amides is 1. The van der Waals surface area contributed by atoms with Crippen molar-refractivity contribution in [2.24, 2.45) is 0 Å². The third-order valence-corrected chi connectivity index (χ3v) is 3.35. The lowest BCUT2D eigenvalue weighted by atomic mass is 10.2. The van der Waals surface area contributed by atoms with E-state index in [0.29, 0.717) is 25.5 Å². The number of nitrogens with one attached hydrogen (secondary N) is 1. The monoisotopic (exact) mass is 389 g/mol. The molecule has 0 aliphatic rings. The molecule has 2 heterocycles. The first kappa shape index (κ1) is 13.5. The number of carbonyl (C=O) groups is 1. The zero-order chi connectivity index (χ0) is 13.1. The third kappa shape index (κ3) is 3.28. The van der Waals surface area contributed by atoms with Gasteiger partial charge in [0.2, 0.25) is 0 Å². The number of pyridine rings is 2. The predicted molar refractivity (Wildman–Crippen MR) is 76.8 cm³/mol. The van der Waals surface area contributed by atoms with Gasteiger partial charge in [0.1, 0.15) is 9.21 Å². The van der Waals surface area contributed by atoms with E-state index < -0.39 is 0 Å². The van der Waals surface area contributed by atoms with Crippen molar-refractivity contribution in [3.8, 4) is 0 Å². The molecule has 2 rings (SSSR count). The lowest BCUT2D eigenvalue weighted by Crippen LogP contribution is -2.12. The van der Waals surface area contributed by atoms with Crippen LogP contribution >= 0.6 is 43.5 Å². The van der Waals surface area contributed by atoms with Crippen LogP contribution in [0.4, 0.5) is 5.69 Å². The summed E-state index contributed by atoms with van der Waals surface area (Å²) in [6.07, 6.45) is 2.97. The highest BCUT2D eigenvalue weighted by atomic mass is 79.9. The van der Waals surface area contributed by atoms with Crippen LogP contribution in [0.2, 0.25) is 5.02 Å². The van der Waals surface area contributed by atoms with Crippen molar-refractivity contribution in [1.29, 1.82) is 0 Å². The summed E-state index contributed by atoms with van der Waals surface area (Å²) >= 11 is 12.3. The number of hydrogen-bond donors (Lipinski definition) is 1. The zero-order valence-electron chi connectivity index (χ0n) is 8.82. The van der Waals surface area contributed by atoms with Crippen LogP contribution in [0.15, 0.2) is 39.8 Å². The van der Waals surface area contributed by atoms with E-state index in [1.165, 1.54) is 12.4 Å². The Morgan fingerprint density at radius 2 is 2.00 bits per heavy atom. The highest BCUT2D eigenvalue weighted by Gasteiger charge is 2.09. The maximum absolute atomic E-state index is 11.9. The van der Waals surface area contributed by atoms with Gasteiger partial charge in [0.25, 0.3) is 5.91 Å². The van der Waals surface area contributed by atoms with Crippen LogP contribution in [0.25, 0.3) is 0 Å². The van der Waals surface area contributed by atoms with Gasteiger partial charge in [-0.25, -0.2) is 9.97 Å². The first-order valence-corrected chi connectivity index (χ1v) is 6.76. The Morgan fingerprint density at radius 1 is 1.22 bits per heavy atom. The summed E-state index contributed by atoms with van der Waals surface area (Å²) in [5.41, 5.74) is 0.959. The summed E-state index contributed by atoms with van der Waals surface area (Å²) in [7, 11) is 0. The molecule has 2 aromatic rings. The van der Waals surface area contributed by atoms with Gasteiger partial charge in [-0.2, -0.15) is 0 Å². The van der Waals surface area contributed by atoms with E-state index in [1.54, 1.807) is 18.2 Å². The van der Waals surface area contributed by atoms with Gasteiger partial charge in [0, 0.05) is 12.4 Å². The number of hydrogen-bond acceptors (Lipinski definition) is 3. The molecule has 0 unspecified atom stereocenters. The lowest BCUT2D eigenvalue weighted by Gasteiger charge is -2.06. The Hall–Kier alpha value is -0.980. The molecule has 0 spiro atoms. The molecule has 0 saturated carbocycles. The molecule has 1 N–H and O–H groups in total. The Morgan fingerprint density at radius 3 is 2.67 bits per heavy atom. The van der Waals surface area contributed by atoms with Gasteiger partial charge in [-0.15, -0.1) is 0 Å². The van der Waals surface area contributed by atoms with E-state index in [-0.39, 0.29) is 5.91 Å². The first-order valence-electron chi connectivity index (χ1n) is 4.80. The second-order valence-corrected chi connectivity index (χ2v) is 5.32. The second-order valence-electron chi connectivity index (χ2n) is 3.32. The number of rotatable bonds is 2. The third-order valence-electron chi connectivity index (χ3n) is 2.04. The van der Waals surface area contributed by atoms with E-state index in [1.807, 2.05) is 0 Å². The molecule has 0 atom stereocenters. The summed E-state index contributed by atoms with van der Waals surface area (Å²) < 4.78 is 1.19. The number of aromatic nitrogens is 2. The summed E-state index contributed by atoms with van der Waals surface area (Å²) in [5.74, 6) is -0.278. The average molecular weight is 391 g/mol. The summed E-state index contributed by atoms with van der Waals surface area (Å²) in [5, 5.41) is 3.15. The summed E-state index contributed by atoms with van der Waals surface area (Å²) in [4.78, 5) is 19.9. The van der Waals surface area contributed by atoms with Crippen molar-refractivity contribution in [2.45, 2.75) is 0 Å². The molecule has 0 fully saturated rings. The van der Waals surface area contributed by atoms with Crippen LogP contribution in [0, 0.1) is 0 Å². The van der Waals surface area contributed by atoms with Crippen LogP contribution in [0.1, 0.15) is 10.4 Å². The van der Waals surface area contributed by atoms with Crippen molar-refractivity contribution >= 4 is 55.1 Å². The van der Waals surface area contributed by atoms with Crippen LogP contribution in [0.5, 0.6) is 0 Å². The molecule has 0 aliphatic carbocycles. The minimum atomic E-state index is -0.278. The average Bonchev–Trinajstić information content (AvgIpc) is 2.34. The van der Waals surface area contributed by atoms with E-state index in [9.17, 15) is 4.79 Å². The minimum absolute atomic E-state index is 0.278. The zero-order valence-corrected chi connectivity index (χ0v) is 12.8. The molecule has 0 aromatic carbocycles. The Kier molecular flexibility index (Phi) is 4.31. The standard InChI is InChI=1S/C11H6Br2ClN3O/c12-9-2-1-6(4-15-9)11(18)17-8-3-7(14)5-16-10(8)13/h1-5H,(H,17,18). The van der Waals surface area contributed by atoms with Gasteiger partial charge < -0.3 is 5.32 Å². The molecule has 0 saturated heterocycles. The smallest absolute Gasteiger partial charge is 0.257 e. The van der Waals surface area contributed by atoms with Crippen molar-refractivity contribution in [3.63, 3.8) is 0 Å². The van der Waals surface area contributed by atoms with E-state index in [0.717, 1.165) is 0 Å². The number of nitrogens with zero attached hydrogens (tertiary/aromatic N) is 2. The fraction of sp³-hybridized carbons (Fsp3) is 0. The number of carbonyl (C=O) groups excluding carboxylic acids is 1. The second kappa shape index (κ2) is 5.77. The highest BCUT2D eigenvalue weighted by molar-refractivity contribution is 9.10.